The maximum Gasteiger partial charge on any atom is 0.223 e. The molecule has 0 saturated heterocycles. The molecule has 130 valence electrons. The second-order valence-electron chi connectivity index (χ2n) is 5.84. The summed E-state index contributed by atoms with van der Waals surface area (Å²) < 4.78 is 12.9. The Labute approximate surface area is 147 Å². The second kappa shape index (κ2) is 7.75. The third kappa shape index (κ3) is 4.12. The standard InChI is InChI=1S/C20H22N2O3/c1-22-14-15(18-12-17(24-2)8-9-19(18)22)13-21-20(23)10-11-25-16-6-4-3-5-7-16/h3-9,12,14H,10-11,13H2,1-2H3,(H,21,23). The van der Waals surface area contributed by atoms with Crippen molar-refractivity contribution in [3.63, 3.8) is 0 Å². The first-order valence-electron chi connectivity index (χ1n) is 8.24. The number of nitrogens with zero attached hydrogens (tertiary/aromatic N) is 1. The molecule has 1 heterocycles. The van der Waals surface area contributed by atoms with Crippen LogP contribution in [0.5, 0.6) is 11.5 Å². The summed E-state index contributed by atoms with van der Waals surface area (Å²) >= 11 is 0. The molecule has 0 unspecified atom stereocenters. The average molecular weight is 338 g/mol. The van der Waals surface area contributed by atoms with Gasteiger partial charge in [0.1, 0.15) is 11.5 Å². The summed E-state index contributed by atoms with van der Waals surface area (Å²) in [5.41, 5.74) is 2.17. The average Bonchev–Trinajstić information content (AvgIpc) is 2.96. The van der Waals surface area contributed by atoms with Crippen LogP contribution in [0.25, 0.3) is 10.9 Å². The van der Waals surface area contributed by atoms with Gasteiger partial charge in [0, 0.05) is 30.7 Å². The molecule has 0 aliphatic carbocycles. The SMILES string of the molecule is COc1ccc2c(c1)c(CNC(=O)CCOc1ccccc1)cn2C. The van der Waals surface area contributed by atoms with Crippen LogP contribution in [-0.2, 0) is 18.4 Å². The van der Waals surface area contributed by atoms with E-state index in [0.29, 0.717) is 19.6 Å². The number of carbonyl (C=O) groups excluding carboxylic acids is 1. The van der Waals surface area contributed by atoms with Crippen molar-refractivity contribution in [2.45, 2.75) is 13.0 Å². The number of carbonyl (C=O) groups is 1. The number of hydrogen-bond donors (Lipinski definition) is 1. The van der Waals surface area contributed by atoms with Crippen LogP contribution in [-0.4, -0.2) is 24.2 Å². The minimum Gasteiger partial charge on any atom is -0.497 e. The van der Waals surface area contributed by atoms with Crippen molar-refractivity contribution in [2.75, 3.05) is 13.7 Å². The van der Waals surface area contributed by atoms with E-state index in [1.54, 1.807) is 7.11 Å². The monoisotopic (exact) mass is 338 g/mol. The van der Waals surface area contributed by atoms with Crippen molar-refractivity contribution in [2.24, 2.45) is 7.05 Å². The van der Waals surface area contributed by atoms with Crippen molar-refractivity contribution in [1.82, 2.24) is 9.88 Å². The molecule has 5 nitrogen and oxygen atoms in total. The summed E-state index contributed by atoms with van der Waals surface area (Å²) in [5, 5.41) is 4.04. The largest absolute Gasteiger partial charge is 0.497 e. The quantitative estimate of drug-likeness (QED) is 0.719. The van der Waals surface area contributed by atoms with Crippen LogP contribution in [0.2, 0.25) is 0 Å². The van der Waals surface area contributed by atoms with Gasteiger partial charge >= 0.3 is 0 Å². The van der Waals surface area contributed by atoms with Gasteiger partial charge in [-0.25, -0.2) is 0 Å². The Balaban J connectivity index is 1.56. The Morgan fingerprint density at radius 1 is 1.12 bits per heavy atom. The van der Waals surface area contributed by atoms with Crippen molar-refractivity contribution in [1.29, 1.82) is 0 Å². The predicted molar refractivity (Wildman–Crippen MR) is 97.9 cm³/mol. The zero-order valence-corrected chi connectivity index (χ0v) is 14.5. The number of fused-ring (bicyclic) bond motifs is 1. The molecule has 0 fully saturated rings. The second-order valence-corrected chi connectivity index (χ2v) is 5.84. The van der Waals surface area contributed by atoms with Crippen molar-refractivity contribution in [3.05, 3.63) is 60.3 Å². The number of hydrogen-bond acceptors (Lipinski definition) is 3. The Kier molecular flexibility index (Phi) is 5.23. The number of methoxy groups -OCH3 is 1. The molecule has 0 aliphatic rings. The van der Waals surface area contributed by atoms with Crippen molar-refractivity contribution < 1.29 is 14.3 Å². The number of benzene rings is 2. The molecule has 1 N–H and O–H groups in total. The van der Waals surface area contributed by atoms with Crippen LogP contribution >= 0.6 is 0 Å². The summed E-state index contributed by atoms with van der Waals surface area (Å²) in [6.45, 7) is 0.841. The Morgan fingerprint density at radius 3 is 2.68 bits per heavy atom. The van der Waals surface area contributed by atoms with Crippen LogP contribution in [0.3, 0.4) is 0 Å². The Hall–Kier alpha value is -2.95. The molecular formula is C20H22N2O3. The number of para-hydroxylation sites is 1. The van der Waals surface area contributed by atoms with E-state index in [1.165, 1.54) is 0 Å². The normalized spacial score (nSPS) is 10.6. The van der Waals surface area contributed by atoms with E-state index in [-0.39, 0.29) is 5.91 Å². The van der Waals surface area contributed by atoms with E-state index in [4.69, 9.17) is 9.47 Å². The molecule has 1 amide bonds. The van der Waals surface area contributed by atoms with E-state index in [0.717, 1.165) is 28.0 Å². The van der Waals surface area contributed by atoms with Crippen LogP contribution in [0.1, 0.15) is 12.0 Å². The highest BCUT2D eigenvalue weighted by Gasteiger charge is 2.09. The molecule has 3 aromatic rings. The highest BCUT2D eigenvalue weighted by Crippen LogP contribution is 2.25. The van der Waals surface area contributed by atoms with Gasteiger partial charge < -0.3 is 19.4 Å². The van der Waals surface area contributed by atoms with E-state index in [2.05, 4.69) is 9.88 Å². The maximum absolute atomic E-state index is 12.0. The minimum atomic E-state index is -0.0316. The van der Waals surface area contributed by atoms with Gasteiger partial charge in [0.15, 0.2) is 0 Å². The fraction of sp³-hybridized carbons (Fsp3) is 0.250. The molecule has 25 heavy (non-hydrogen) atoms. The molecule has 0 radical (unpaired) electrons. The first-order chi connectivity index (χ1) is 12.2. The summed E-state index contributed by atoms with van der Waals surface area (Å²) in [4.78, 5) is 12.0. The Morgan fingerprint density at radius 2 is 1.92 bits per heavy atom. The topological polar surface area (TPSA) is 52.5 Å². The lowest BCUT2D eigenvalue weighted by Gasteiger charge is -2.07. The number of aryl methyl sites for hydroxylation is 1. The van der Waals surface area contributed by atoms with Crippen molar-refractivity contribution in [3.8, 4) is 11.5 Å². The highest BCUT2D eigenvalue weighted by atomic mass is 16.5. The van der Waals surface area contributed by atoms with Gasteiger partial charge in [-0.3, -0.25) is 4.79 Å². The minimum absolute atomic E-state index is 0.0316. The summed E-state index contributed by atoms with van der Waals surface area (Å²) in [5.74, 6) is 1.55. The van der Waals surface area contributed by atoms with Crippen molar-refractivity contribution >= 4 is 16.8 Å². The predicted octanol–water partition coefficient (Wildman–Crippen LogP) is 3.27. The molecule has 3 rings (SSSR count). The maximum atomic E-state index is 12.0. The van der Waals surface area contributed by atoms with Gasteiger partial charge in [0.25, 0.3) is 0 Å². The molecule has 5 heteroatoms. The molecule has 0 spiro atoms. The van der Waals surface area contributed by atoms with Gasteiger partial charge in [-0.1, -0.05) is 18.2 Å². The zero-order valence-electron chi connectivity index (χ0n) is 14.5. The molecule has 0 saturated carbocycles. The first-order valence-corrected chi connectivity index (χ1v) is 8.24. The van der Waals surface area contributed by atoms with E-state index < -0.39 is 0 Å². The van der Waals surface area contributed by atoms with Gasteiger partial charge in [-0.05, 0) is 35.9 Å². The number of rotatable bonds is 7. The summed E-state index contributed by atoms with van der Waals surface area (Å²) in [6.07, 6.45) is 2.35. The number of amides is 1. The fourth-order valence-corrected chi connectivity index (χ4v) is 2.78. The van der Waals surface area contributed by atoms with Gasteiger partial charge in [0.2, 0.25) is 5.91 Å². The molecule has 0 atom stereocenters. The lowest BCUT2D eigenvalue weighted by molar-refractivity contribution is -0.121. The smallest absolute Gasteiger partial charge is 0.223 e. The van der Waals surface area contributed by atoms with Gasteiger partial charge in [-0.15, -0.1) is 0 Å². The highest BCUT2D eigenvalue weighted by molar-refractivity contribution is 5.86. The van der Waals surface area contributed by atoms with Crippen LogP contribution in [0, 0.1) is 0 Å². The molecule has 1 aromatic heterocycles. The number of ether oxygens (including phenoxy) is 2. The number of aromatic nitrogens is 1. The van der Waals surface area contributed by atoms with E-state index in [1.807, 2.05) is 61.8 Å². The summed E-state index contributed by atoms with van der Waals surface area (Å²) in [7, 11) is 3.64. The fourth-order valence-electron chi connectivity index (χ4n) is 2.78. The van der Waals surface area contributed by atoms with Gasteiger partial charge in [-0.2, -0.15) is 0 Å². The Bertz CT molecular complexity index is 856. The first kappa shape index (κ1) is 16.9. The zero-order chi connectivity index (χ0) is 17.6. The lowest BCUT2D eigenvalue weighted by Crippen LogP contribution is -2.24. The molecule has 2 aromatic carbocycles. The molecular weight excluding hydrogens is 316 g/mol. The molecule has 0 aliphatic heterocycles. The van der Waals surface area contributed by atoms with E-state index in [9.17, 15) is 4.79 Å². The summed E-state index contributed by atoms with van der Waals surface area (Å²) in [6, 6.07) is 15.4. The third-order valence-corrected chi connectivity index (χ3v) is 4.10. The lowest BCUT2D eigenvalue weighted by atomic mass is 10.1. The third-order valence-electron chi connectivity index (χ3n) is 4.10. The van der Waals surface area contributed by atoms with Crippen LogP contribution in [0.15, 0.2) is 54.7 Å². The van der Waals surface area contributed by atoms with E-state index >= 15 is 0 Å². The van der Waals surface area contributed by atoms with Crippen LogP contribution in [0.4, 0.5) is 0 Å². The number of nitrogens with one attached hydrogen (secondary N) is 1. The molecule has 0 bridgehead atoms. The van der Waals surface area contributed by atoms with Gasteiger partial charge in [0.05, 0.1) is 20.1 Å². The van der Waals surface area contributed by atoms with Crippen LogP contribution < -0.4 is 14.8 Å².